The lowest BCUT2D eigenvalue weighted by atomic mass is 10.1. The molecule has 90 valence electrons. The molecule has 0 spiro atoms. The Morgan fingerprint density at radius 3 is 2.61 bits per heavy atom. The zero-order valence-corrected chi connectivity index (χ0v) is 9.66. The van der Waals surface area contributed by atoms with E-state index in [4.69, 9.17) is 0 Å². The van der Waals surface area contributed by atoms with Gasteiger partial charge in [0, 0.05) is 23.3 Å². The topological polar surface area (TPSA) is 57.3 Å². The van der Waals surface area contributed by atoms with Crippen molar-refractivity contribution in [3.8, 4) is 5.75 Å². The van der Waals surface area contributed by atoms with Gasteiger partial charge in [0.05, 0.1) is 5.52 Å². The molecule has 3 rings (SSSR count). The van der Waals surface area contributed by atoms with Gasteiger partial charge >= 0.3 is 0 Å². The number of hydrogen-bond acceptors (Lipinski definition) is 3. The molecule has 5 heteroatoms. The molecule has 5 nitrogen and oxygen atoms in total. The zero-order valence-electron chi connectivity index (χ0n) is 9.66. The molecule has 0 atom stereocenters. The van der Waals surface area contributed by atoms with Crippen LogP contribution in [-0.2, 0) is 7.05 Å². The largest absolute Gasteiger partial charge is 0.342 e. The van der Waals surface area contributed by atoms with Gasteiger partial charge in [-0.2, -0.15) is 0 Å². The predicted molar refractivity (Wildman–Crippen MR) is 68.0 cm³/mol. The number of fused-ring (bicyclic) bond motifs is 3. The highest BCUT2D eigenvalue weighted by atomic mass is 17.0. The molecule has 18 heavy (non-hydrogen) atoms. The molecule has 0 aliphatic rings. The van der Waals surface area contributed by atoms with Crippen LogP contribution in [0.1, 0.15) is 0 Å². The summed E-state index contributed by atoms with van der Waals surface area (Å²) in [4.78, 5) is 15.2. The molecule has 1 heterocycles. The maximum Gasteiger partial charge on any atom is 0.299 e. The summed E-state index contributed by atoms with van der Waals surface area (Å²) in [5, 5.41) is 11.7. The van der Waals surface area contributed by atoms with E-state index in [2.05, 4.69) is 4.84 Å². The van der Waals surface area contributed by atoms with Crippen LogP contribution in [0.5, 0.6) is 5.75 Å². The SMILES string of the molecule is Cn1c2ccccc2c2cccc(O[N+](=O)[O-])c21. The van der Waals surface area contributed by atoms with Crippen molar-refractivity contribution in [2.45, 2.75) is 0 Å². The average Bonchev–Trinajstić information content (AvgIpc) is 2.65. The van der Waals surface area contributed by atoms with Crippen LogP contribution in [0.3, 0.4) is 0 Å². The molecule has 0 aliphatic carbocycles. The van der Waals surface area contributed by atoms with E-state index in [0.29, 0.717) is 0 Å². The van der Waals surface area contributed by atoms with Crippen molar-refractivity contribution in [2.75, 3.05) is 0 Å². The predicted octanol–water partition coefficient (Wildman–Crippen LogP) is 2.90. The van der Waals surface area contributed by atoms with Crippen molar-refractivity contribution < 1.29 is 9.92 Å². The molecule has 0 N–H and O–H groups in total. The number of aromatic nitrogens is 1. The van der Waals surface area contributed by atoms with Crippen molar-refractivity contribution in [2.24, 2.45) is 7.05 Å². The first-order valence-corrected chi connectivity index (χ1v) is 5.47. The first-order chi connectivity index (χ1) is 8.68. The lowest BCUT2D eigenvalue weighted by Crippen LogP contribution is -2.04. The number of benzene rings is 2. The van der Waals surface area contributed by atoms with Crippen molar-refractivity contribution in [1.82, 2.24) is 4.57 Å². The number of aryl methyl sites for hydroxylation is 1. The van der Waals surface area contributed by atoms with Gasteiger partial charge in [-0.15, -0.1) is 10.1 Å². The van der Waals surface area contributed by atoms with Crippen LogP contribution in [-0.4, -0.2) is 9.65 Å². The van der Waals surface area contributed by atoms with Crippen molar-refractivity contribution in [3.05, 3.63) is 52.6 Å². The highest BCUT2D eigenvalue weighted by Crippen LogP contribution is 2.33. The monoisotopic (exact) mass is 242 g/mol. The van der Waals surface area contributed by atoms with Gasteiger partial charge in [-0.3, -0.25) is 4.84 Å². The summed E-state index contributed by atoms with van der Waals surface area (Å²) >= 11 is 0. The Morgan fingerprint density at radius 1 is 1.11 bits per heavy atom. The molecule has 2 aromatic carbocycles. The maximum absolute atomic E-state index is 10.5. The third-order valence-corrected chi connectivity index (χ3v) is 3.06. The summed E-state index contributed by atoms with van der Waals surface area (Å²) in [6.45, 7) is 0. The Kier molecular flexibility index (Phi) is 2.19. The van der Waals surface area contributed by atoms with Crippen LogP contribution in [0, 0.1) is 10.1 Å². The summed E-state index contributed by atoms with van der Waals surface area (Å²) in [5.74, 6) is 0.260. The van der Waals surface area contributed by atoms with Crippen molar-refractivity contribution in [1.29, 1.82) is 0 Å². The number of nitrogens with zero attached hydrogens (tertiary/aromatic N) is 2. The van der Waals surface area contributed by atoms with E-state index in [1.165, 1.54) is 0 Å². The van der Waals surface area contributed by atoms with Gasteiger partial charge in [-0.05, 0) is 12.1 Å². The summed E-state index contributed by atoms with van der Waals surface area (Å²) in [6.07, 6.45) is 0. The lowest BCUT2D eigenvalue weighted by molar-refractivity contribution is -0.710. The second kappa shape index (κ2) is 3.73. The number of para-hydroxylation sites is 2. The first-order valence-electron chi connectivity index (χ1n) is 5.47. The third kappa shape index (κ3) is 1.41. The minimum Gasteiger partial charge on any atom is -0.342 e. The van der Waals surface area contributed by atoms with Crippen LogP contribution in [0.15, 0.2) is 42.5 Å². The van der Waals surface area contributed by atoms with Crippen molar-refractivity contribution in [3.63, 3.8) is 0 Å². The normalized spacial score (nSPS) is 10.9. The van der Waals surface area contributed by atoms with Gasteiger partial charge < -0.3 is 4.57 Å². The second-order valence-electron chi connectivity index (χ2n) is 4.04. The van der Waals surface area contributed by atoms with Gasteiger partial charge in [0.15, 0.2) is 0 Å². The van der Waals surface area contributed by atoms with Crippen LogP contribution in [0.25, 0.3) is 21.8 Å². The fraction of sp³-hybridized carbons (Fsp3) is 0.0769. The fourth-order valence-corrected chi connectivity index (χ4v) is 2.35. The minimum atomic E-state index is -0.785. The highest BCUT2D eigenvalue weighted by molar-refractivity contribution is 6.09. The Balaban J connectivity index is 2.44. The zero-order chi connectivity index (χ0) is 12.7. The molecule has 0 bridgehead atoms. The average molecular weight is 242 g/mol. The summed E-state index contributed by atoms with van der Waals surface area (Å²) in [7, 11) is 1.87. The molecular formula is C13H10N2O3. The molecule has 0 radical (unpaired) electrons. The molecule has 0 amide bonds. The van der Waals surface area contributed by atoms with Gasteiger partial charge in [-0.25, -0.2) is 0 Å². The van der Waals surface area contributed by atoms with Crippen LogP contribution in [0.2, 0.25) is 0 Å². The summed E-state index contributed by atoms with van der Waals surface area (Å²) in [6, 6.07) is 13.2. The van der Waals surface area contributed by atoms with Gasteiger partial charge in [0.1, 0.15) is 5.75 Å². The molecular weight excluding hydrogens is 232 g/mol. The summed E-state index contributed by atoms with van der Waals surface area (Å²) in [5.41, 5.74) is 1.75. The Morgan fingerprint density at radius 2 is 1.83 bits per heavy atom. The quantitative estimate of drug-likeness (QED) is 0.512. The van der Waals surface area contributed by atoms with Gasteiger partial charge in [0.25, 0.3) is 5.09 Å². The Bertz CT molecular complexity index is 761. The van der Waals surface area contributed by atoms with E-state index in [9.17, 15) is 10.1 Å². The lowest BCUT2D eigenvalue weighted by Gasteiger charge is -2.03. The van der Waals surface area contributed by atoms with E-state index in [-0.39, 0.29) is 5.75 Å². The first kappa shape index (κ1) is 10.6. The van der Waals surface area contributed by atoms with E-state index in [1.807, 2.05) is 41.9 Å². The Labute approximate surface area is 102 Å². The molecule has 0 unspecified atom stereocenters. The van der Waals surface area contributed by atoms with Crippen LogP contribution < -0.4 is 4.84 Å². The van der Waals surface area contributed by atoms with E-state index in [1.54, 1.807) is 12.1 Å². The standard InChI is InChI=1S/C13H10N2O3/c1-14-11-7-3-2-5-9(11)10-6-4-8-12(13(10)14)18-15(16)17/h2-8H,1H3. The maximum atomic E-state index is 10.5. The number of hydrogen-bond donors (Lipinski definition) is 0. The van der Waals surface area contributed by atoms with Gasteiger partial charge in [0.2, 0.25) is 0 Å². The molecule has 0 fully saturated rings. The number of rotatable bonds is 2. The van der Waals surface area contributed by atoms with E-state index in [0.717, 1.165) is 21.8 Å². The molecule has 0 saturated carbocycles. The molecule has 1 aromatic heterocycles. The van der Waals surface area contributed by atoms with Crippen LogP contribution >= 0.6 is 0 Å². The van der Waals surface area contributed by atoms with Crippen LogP contribution in [0.4, 0.5) is 0 Å². The molecule has 0 aliphatic heterocycles. The minimum absolute atomic E-state index is 0.260. The van der Waals surface area contributed by atoms with E-state index >= 15 is 0 Å². The summed E-state index contributed by atoms with van der Waals surface area (Å²) < 4.78 is 1.91. The highest BCUT2D eigenvalue weighted by Gasteiger charge is 2.13. The van der Waals surface area contributed by atoms with Gasteiger partial charge in [-0.1, -0.05) is 30.3 Å². The molecule has 0 saturated heterocycles. The third-order valence-electron chi connectivity index (χ3n) is 3.06. The fourth-order valence-electron chi connectivity index (χ4n) is 2.35. The molecule has 3 aromatic rings. The Hall–Kier alpha value is -2.56. The smallest absolute Gasteiger partial charge is 0.299 e. The second-order valence-corrected chi connectivity index (χ2v) is 4.04. The van der Waals surface area contributed by atoms with E-state index < -0.39 is 5.09 Å². The van der Waals surface area contributed by atoms with Crippen molar-refractivity contribution >= 4 is 21.8 Å².